The van der Waals surface area contributed by atoms with E-state index < -0.39 is 0 Å². The van der Waals surface area contributed by atoms with Gasteiger partial charge in [0, 0.05) is 55.2 Å². The van der Waals surface area contributed by atoms with Crippen LogP contribution in [0.4, 0.5) is 23.1 Å². The Balaban J connectivity index is 1.74. The van der Waals surface area contributed by atoms with E-state index >= 15 is 0 Å². The third-order valence-corrected chi connectivity index (χ3v) is 4.66. The number of anilines is 4. The summed E-state index contributed by atoms with van der Waals surface area (Å²) in [6, 6.07) is 12.4. The molecule has 0 aliphatic heterocycles. The van der Waals surface area contributed by atoms with Gasteiger partial charge in [0.2, 0.25) is 5.95 Å². The average Bonchev–Trinajstić information content (AvgIpc) is 2.70. The van der Waals surface area contributed by atoms with Crippen molar-refractivity contribution in [2.75, 3.05) is 28.6 Å². The predicted molar refractivity (Wildman–Crippen MR) is 116 cm³/mol. The number of hydrogen-bond acceptors (Lipinski definition) is 6. The summed E-state index contributed by atoms with van der Waals surface area (Å²) in [5.41, 5.74) is 5.53. The summed E-state index contributed by atoms with van der Waals surface area (Å²) in [6.45, 7) is 11.1. The summed E-state index contributed by atoms with van der Waals surface area (Å²) >= 11 is 0. The van der Waals surface area contributed by atoms with E-state index in [0.717, 1.165) is 35.9 Å². The fourth-order valence-corrected chi connectivity index (χ4v) is 3.10. The zero-order valence-electron chi connectivity index (χ0n) is 17.0. The molecular weight excluding hydrogens is 348 g/mol. The van der Waals surface area contributed by atoms with Crippen LogP contribution in [0.5, 0.6) is 0 Å². The second kappa shape index (κ2) is 9.17. The van der Waals surface area contributed by atoms with Gasteiger partial charge in [-0.15, -0.1) is 0 Å². The van der Waals surface area contributed by atoms with Gasteiger partial charge >= 0.3 is 0 Å². The monoisotopic (exact) mass is 376 g/mol. The number of aryl methyl sites for hydroxylation is 2. The molecule has 0 amide bonds. The van der Waals surface area contributed by atoms with Crippen molar-refractivity contribution in [2.45, 2.75) is 34.2 Å². The molecule has 1 aromatic carbocycles. The fourth-order valence-electron chi connectivity index (χ4n) is 3.10. The molecule has 2 aromatic heterocycles. The van der Waals surface area contributed by atoms with Crippen molar-refractivity contribution in [3.8, 4) is 0 Å². The second-order valence-electron chi connectivity index (χ2n) is 6.72. The Bertz CT molecular complexity index is 906. The standard InChI is InChI=1S/C22H28N6/c1-5-28(6-2)19-7-8-20(16(3)13-19)26-21-14-17(4)25-22(27-21)24-15-18-9-11-23-12-10-18/h7-14H,5-6,15H2,1-4H3,(H2,24,25,26,27). The van der Waals surface area contributed by atoms with Crippen LogP contribution in [0, 0.1) is 13.8 Å². The highest BCUT2D eigenvalue weighted by atomic mass is 15.1. The van der Waals surface area contributed by atoms with E-state index in [1.165, 1.54) is 11.3 Å². The van der Waals surface area contributed by atoms with Gasteiger partial charge in [-0.2, -0.15) is 4.98 Å². The largest absolute Gasteiger partial charge is 0.372 e. The van der Waals surface area contributed by atoms with Gasteiger partial charge in [0.05, 0.1) is 0 Å². The summed E-state index contributed by atoms with van der Waals surface area (Å²) < 4.78 is 0. The molecule has 0 aliphatic rings. The van der Waals surface area contributed by atoms with Gasteiger partial charge in [-0.1, -0.05) is 0 Å². The summed E-state index contributed by atoms with van der Waals surface area (Å²) in [4.78, 5) is 15.5. The van der Waals surface area contributed by atoms with Crippen molar-refractivity contribution in [2.24, 2.45) is 0 Å². The summed E-state index contributed by atoms with van der Waals surface area (Å²) in [7, 11) is 0. The first-order chi connectivity index (χ1) is 13.6. The van der Waals surface area contributed by atoms with E-state index in [-0.39, 0.29) is 0 Å². The van der Waals surface area contributed by atoms with Crippen LogP contribution < -0.4 is 15.5 Å². The van der Waals surface area contributed by atoms with E-state index in [0.29, 0.717) is 12.5 Å². The van der Waals surface area contributed by atoms with Gasteiger partial charge < -0.3 is 15.5 Å². The van der Waals surface area contributed by atoms with Gasteiger partial charge in [0.15, 0.2) is 0 Å². The molecule has 0 unspecified atom stereocenters. The molecule has 0 saturated carbocycles. The van der Waals surface area contributed by atoms with Gasteiger partial charge in [0.25, 0.3) is 0 Å². The van der Waals surface area contributed by atoms with E-state index in [1.807, 2.05) is 25.1 Å². The minimum Gasteiger partial charge on any atom is -0.372 e. The van der Waals surface area contributed by atoms with E-state index in [4.69, 9.17) is 0 Å². The van der Waals surface area contributed by atoms with E-state index in [2.05, 4.69) is 69.5 Å². The molecule has 6 heteroatoms. The molecule has 2 N–H and O–H groups in total. The predicted octanol–water partition coefficient (Wildman–Crippen LogP) is 4.69. The van der Waals surface area contributed by atoms with Crippen molar-refractivity contribution in [1.82, 2.24) is 15.0 Å². The molecule has 0 bridgehead atoms. The minimum atomic E-state index is 0.608. The lowest BCUT2D eigenvalue weighted by Gasteiger charge is -2.22. The van der Waals surface area contributed by atoms with Crippen molar-refractivity contribution in [1.29, 1.82) is 0 Å². The van der Waals surface area contributed by atoms with E-state index in [9.17, 15) is 0 Å². The van der Waals surface area contributed by atoms with Gasteiger partial charge in [-0.3, -0.25) is 4.98 Å². The number of benzene rings is 1. The Morgan fingerprint density at radius 2 is 1.68 bits per heavy atom. The van der Waals surface area contributed by atoms with Crippen molar-refractivity contribution >= 4 is 23.1 Å². The number of hydrogen-bond donors (Lipinski definition) is 2. The van der Waals surface area contributed by atoms with Crippen molar-refractivity contribution in [3.63, 3.8) is 0 Å². The number of nitrogens with one attached hydrogen (secondary N) is 2. The third kappa shape index (κ3) is 4.97. The maximum absolute atomic E-state index is 4.62. The first-order valence-electron chi connectivity index (χ1n) is 9.70. The van der Waals surface area contributed by atoms with Gasteiger partial charge in [0.1, 0.15) is 5.82 Å². The highest BCUT2D eigenvalue weighted by Crippen LogP contribution is 2.25. The quantitative estimate of drug-likeness (QED) is 0.594. The number of nitrogens with zero attached hydrogens (tertiary/aromatic N) is 4. The van der Waals surface area contributed by atoms with Crippen LogP contribution in [0.2, 0.25) is 0 Å². The lowest BCUT2D eigenvalue weighted by molar-refractivity contribution is 0.866. The second-order valence-corrected chi connectivity index (χ2v) is 6.72. The molecule has 0 radical (unpaired) electrons. The molecule has 0 aliphatic carbocycles. The first kappa shape index (κ1) is 19.6. The van der Waals surface area contributed by atoms with Crippen molar-refractivity contribution in [3.05, 3.63) is 65.6 Å². The zero-order valence-corrected chi connectivity index (χ0v) is 17.0. The van der Waals surface area contributed by atoms with Crippen molar-refractivity contribution < 1.29 is 0 Å². The molecule has 0 fully saturated rings. The normalized spacial score (nSPS) is 10.6. The highest BCUT2D eigenvalue weighted by Gasteiger charge is 2.07. The maximum Gasteiger partial charge on any atom is 0.225 e. The molecule has 28 heavy (non-hydrogen) atoms. The Kier molecular flexibility index (Phi) is 6.42. The van der Waals surface area contributed by atoms with Gasteiger partial charge in [-0.25, -0.2) is 4.98 Å². The Morgan fingerprint density at radius 3 is 2.36 bits per heavy atom. The van der Waals surface area contributed by atoms with Crippen LogP contribution in [0.3, 0.4) is 0 Å². The number of aromatic nitrogens is 3. The van der Waals surface area contributed by atoms with Crippen LogP contribution in [0.1, 0.15) is 30.7 Å². The Hall–Kier alpha value is -3.15. The first-order valence-corrected chi connectivity index (χ1v) is 9.70. The van der Waals surface area contributed by atoms with Crippen LogP contribution in [-0.4, -0.2) is 28.0 Å². The van der Waals surface area contributed by atoms with Crippen LogP contribution >= 0.6 is 0 Å². The number of pyridine rings is 1. The Morgan fingerprint density at radius 1 is 0.929 bits per heavy atom. The minimum absolute atomic E-state index is 0.608. The number of rotatable bonds is 8. The fraction of sp³-hybridized carbons (Fsp3) is 0.318. The van der Waals surface area contributed by atoms with Crippen LogP contribution in [-0.2, 0) is 6.54 Å². The summed E-state index contributed by atoms with van der Waals surface area (Å²) in [6.07, 6.45) is 3.57. The molecule has 0 saturated heterocycles. The molecule has 146 valence electrons. The maximum atomic E-state index is 4.62. The van der Waals surface area contributed by atoms with Gasteiger partial charge in [-0.05, 0) is 69.2 Å². The summed E-state index contributed by atoms with van der Waals surface area (Å²) in [5, 5.41) is 6.72. The molecule has 2 heterocycles. The molecule has 0 spiro atoms. The molecular formula is C22H28N6. The molecule has 3 aromatic rings. The molecule has 6 nitrogen and oxygen atoms in total. The zero-order chi connectivity index (χ0) is 19.9. The molecule has 0 atom stereocenters. The topological polar surface area (TPSA) is 66.0 Å². The van der Waals surface area contributed by atoms with E-state index in [1.54, 1.807) is 12.4 Å². The Labute approximate surface area is 167 Å². The highest BCUT2D eigenvalue weighted by molar-refractivity contribution is 5.65. The van der Waals surface area contributed by atoms with Crippen LogP contribution in [0.15, 0.2) is 48.8 Å². The lowest BCUT2D eigenvalue weighted by atomic mass is 10.1. The average molecular weight is 377 g/mol. The third-order valence-electron chi connectivity index (χ3n) is 4.66. The SMILES string of the molecule is CCN(CC)c1ccc(Nc2cc(C)nc(NCc3ccncc3)n2)c(C)c1. The van der Waals surface area contributed by atoms with Crippen LogP contribution in [0.25, 0.3) is 0 Å². The smallest absolute Gasteiger partial charge is 0.225 e. The summed E-state index contributed by atoms with van der Waals surface area (Å²) in [5.74, 6) is 1.39. The lowest BCUT2D eigenvalue weighted by Crippen LogP contribution is -2.21. The molecule has 3 rings (SSSR count).